The molecule has 4 rings (SSSR count). The monoisotopic (exact) mass is 516 g/mol. The summed E-state index contributed by atoms with van der Waals surface area (Å²) in [4.78, 5) is 23.3. The minimum Gasteiger partial charge on any atom is -0.381 e. The number of rotatable bonds is 4. The SMILES string of the molecule is Nc1ncnc(N2CCC(C(F)(F)F)[C@H](N3CC=CC[C@@H](Nc4cc(F)cc(Cl)c4)C3=O)C2)c1F. The number of alkyl halides is 3. The number of piperidine rings is 1. The zero-order chi connectivity index (χ0) is 25.3. The van der Waals surface area contributed by atoms with Gasteiger partial charge in [-0.2, -0.15) is 17.6 Å². The van der Waals surface area contributed by atoms with Gasteiger partial charge in [-0.3, -0.25) is 4.79 Å². The number of nitrogens with one attached hydrogen (secondary N) is 1. The number of nitrogens with two attached hydrogens (primary N) is 1. The van der Waals surface area contributed by atoms with Crippen molar-refractivity contribution in [2.45, 2.75) is 31.1 Å². The number of hydrogen-bond donors (Lipinski definition) is 2. The zero-order valence-electron chi connectivity index (χ0n) is 18.3. The summed E-state index contributed by atoms with van der Waals surface area (Å²) in [6.07, 6.45) is -0.480. The van der Waals surface area contributed by atoms with Crippen molar-refractivity contribution in [1.29, 1.82) is 0 Å². The van der Waals surface area contributed by atoms with E-state index in [9.17, 15) is 26.7 Å². The van der Waals surface area contributed by atoms with Gasteiger partial charge in [-0.15, -0.1) is 0 Å². The standard InChI is InChI=1S/C22H22ClF5N6O/c23-12-7-13(24)9-14(8-12)32-16-3-1-2-5-34(21(16)35)17-10-33(6-4-15(17)22(26,27)28)20-18(25)19(29)30-11-31-20/h1-2,7-9,11,15-17,32H,3-6,10H2,(H2,29,30,31)/t15?,16-,17-/m1/s1. The van der Waals surface area contributed by atoms with Gasteiger partial charge in [-0.1, -0.05) is 23.8 Å². The number of amides is 1. The largest absolute Gasteiger partial charge is 0.393 e. The van der Waals surface area contributed by atoms with Gasteiger partial charge in [0.2, 0.25) is 11.7 Å². The highest BCUT2D eigenvalue weighted by Crippen LogP contribution is 2.39. The fourth-order valence-electron chi connectivity index (χ4n) is 4.48. The van der Waals surface area contributed by atoms with E-state index < -0.39 is 47.5 Å². The molecular formula is C22H22ClF5N6O. The molecule has 1 amide bonds. The van der Waals surface area contributed by atoms with Gasteiger partial charge < -0.3 is 20.9 Å². The van der Waals surface area contributed by atoms with Crippen LogP contribution in [0.5, 0.6) is 0 Å². The molecule has 13 heteroatoms. The van der Waals surface area contributed by atoms with Crippen LogP contribution in [0.25, 0.3) is 0 Å². The summed E-state index contributed by atoms with van der Waals surface area (Å²) in [5, 5.41) is 2.98. The smallest absolute Gasteiger partial charge is 0.381 e. The van der Waals surface area contributed by atoms with E-state index in [-0.39, 0.29) is 49.0 Å². The number of carbonyl (C=O) groups is 1. The molecule has 0 spiro atoms. The summed E-state index contributed by atoms with van der Waals surface area (Å²) < 4.78 is 70.3. The van der Waals surface area contributed by atoms with E-state index in [1.807, 2.05) is 0 Å². The maximum absolute atomic E-state index is 14.5. The molecule has 2 aliphatic rings. The molecule has 0 saturated carbocycles. The fraction of sp³-hybridized carbons (Fsp3) is 0.409. The van der Waals surface area contributed by atoms with Crippen LogP contribution in [0.2, 0.25) is 5.02 Å². The number of nitrogens with zero attached hydrogens (tertiary/aromatic N) is 4. The summed E-state index contributed by atoms with van der Waals surface area (Å²) in [7, 11) is 0. The maximum Gasteiger partial charge on any atom is 0.393 e. The van der Waals surface area contributed by atoms with Gasteiger partial charge in [-0.05, 0) is 31.0 Å². The van der Waals surface area contributed by atoms with Crippen molar-refractivity contribution in [2.24, 2.45) is 5.92 Å². The molecule has 3 heterocycles. The topological polar surface area (TPSA) is 87.4 Å². The second-order valence-electron chi connectivity index (χ2n) is 8.40. The highest BCUT2D eigenvalue weighted by Gasteiger charge is 2.51. The van der Waals surface area contributed by atoms with Gasteiger partial charge in [0, 0.05) is 30.3 Å². The van der Waals surface area contributed by atoms with Crippen molar-refractivity contribution in [2.75, 3.05) is 35.6 Å². The van der Waals surface area contributed by atoms with E-state index in [2.05, 4.69) is 15.3 Å². The number of benzene rings is 1. The molecule has 7 nitrogen and oxygen atoms in total. The minimum absolute atomic E-state index is 0.0690. The first-order chi connectivity index (χ1) is 16.5. The molecule has 0 aliphatic carbocycles. The molecule has 0 bridgehead atoms. The van der Waals surface area contributed by atoms with Gasteiger partial charge in [-0.25, -0.2) is 14.4 Å². The van der Waals surface area contributed by atoms with E-state index >= 15 is 0 Å². The summed E-state index contributed by atoms with van der Waals surface area (Å²) >= 11 is 5.88. The third-order valence-corrected chi connectivity index (χ3v) is 6.34. The molecule has 1 aromatic heterocycles. The van der Waals surface area contributed by atoms with Crippen LogP contribution >= 0.6 is 11.6 Å². The Morgan fingerprint density at radius 3 is 2.63 bits per heavy atom. The van der Waals surface area contributed by atoms with Gasteiger partial charge >= 0.3 is 6.18 Å². The van der Waals surface area contributed by atoms with E-state index in [0.29, 0.717) is 0 Å². The quantitative estimate of drug-likeness (QED) is 0.471. The van der Waals surface area contributed by atoms with Crippen molar-refractivity contribution >= 4 is 34.8 Å². The Kier molecular flexibility index (Phi) is 7.02. The van der Waals surface area contributed by atoms with Crippen LogP contribution in [-0.2, 0) is 4.79 Å². The molecular weight excluding hydrogens is 495 g/mol. The predicted octanol–water partition coefficient (Wildman–Crippen LogP) is 4.02. The minimum atomic E-state index is -4.59. The predicted molar refractivity (Wildman–Crippen MR) is 121 cm³/mol. The molecule has 2 aliphatic heterocycles. The van der Waals surface area contributed by atoms with E-state index in [0.717, 1.165) is 23.4 Å². The van der Waals surface area contributed by atoms with Gasteiger partial charge in [0.25, 0.3) is 0 Å². The van der Waals surface area contributed by atoms with Gasteiger partial charge in [0.15, 0.2) is 11.6 Å². The third-order valence-electron chi connectivity index (χ3n) is 6.13. The molecule has 3 atom stereocenters. The van der Waals surface area contributed by atoms with Crippen LogP contribution in [0.15, 0.2) is 36.7 Å². The lowest BCUT2D eigenvalue weighted by atomic mass is 9.89. The lowest BCUT2D eigenvalue weighted by Gasteiger charge is -2.45. The average Bonchev–Trinajstić information content (AvgIpc) is 2.95. The van der Waals surface area contributed by atoms with E-state index in [4.69, 9.17) is 17.3 Å². The normalized spacial score (nSPS) is 23.4. The van der Waals surface area contributed by atoms with Crippen molar-refractivity contribution in [3.63, 3.8) is 0 Å². The molecule has 188 valence electrons. The van der Waals surface area contributed by atoms with Crippen LogP contribution in [0.4, 0.5) is 39.3 Å². The Morgan fingerprint density at radius 1 is 1.14 bits per heavy atom. The first-order valence-electron chi connectivity index (χ1n) is 10.8. The zero-order valence-corrected chi connectivity index (χ0v) is 19.0. The Bertz CT molecular complexity index is 1110. The fourth-order valence-corrected chi connectivity index (χ4v) is 4.71. The maximum atomic E-state index is 14.5. The third kappa shape index (κ3) is 5.42. The number of anilines is 3. The Balaban J connectivity index is 1.63. The Labute approximate surface area is 202 Å². The summed E-state index contributed by atoms with van der Waals surface area (Å²) in [6, 6.07) is 1.37. The van der Waals surface area contributed by atoms with Gasteiger partial charge in [0.05, 0.1) is 12.0 Å². The molecule has 1 fully saturated rings. The molecule has 0 radical (unpaired) electrons. The number of nitrogen functional groups attached to an aromatic ring is 1. The molecule has 1 unspecified atom stereocenters. The molecule has 35 heavy (non-hydrogen) atoms. The summed E-state index contributed by atoms with van der Waals surface area (Å²) in [6.45, 7) is -0.508. The van der Waals surface area contributed by atoms with Crippen molar-refractivity contribution in [1.82, 2.24) is 14.9 Å². The molecule has 2 aromatic rings. The Morgan fingerprint density at radius 2 is 1.91 bits per heavy atom. The summed E-state index contributed by atoms with van der Waals surface area (Å²) in [5.41, 5.74) is 5.73. The summed E-state index contributed by atoms with van der Waals surface area (Å²) in [5.74, 6) is -4.62. The highest BCUT2D eigenvalue weighted by atomic mass is 35.5. The van der Waals surface area contributed by atoms with Crippen molar-refractivity contribution in [3.8, 4) is 0 Å². The average molecular weight is 517 g/mol. The number of halogens is 6. The second kappa shape index (κ2) is 9.84. The first kappa shape index (κ1) is 25.0. The van der Waals surface area contributed by atoms with E-state index in [1.54, 1.807) is 12.2 Å². The van der Waals surface area contributed by atoms with Crippen molar-refractivity contribution in [3.05, 3.63) is 53.3 Å². The first-order valence-corrected chi connectivity index (χ1v) is 11.2. The van der Waals surface area contributed by atoms with Crippen molar-refractivity contribution < 1.29 is 26.7 Å². The lowest BCUT2D eigenvalue weighted by molar-refractivity contribution is -0.196. The molecule has 1 saturated heterocycles. The molecule has 3 N–H and O–H groups in total. The van der Waals surface area contributed by atoms with Crippen LogP contribution in [0.3, 0.4) is 0 Å². The van der Waals surface area contributed by atoms with Crippen LogP contribution in [0, 0.1) is 17.6 Å². The lowest BCUT2D eigenvalue weighted by Crippen LogP contribution is -2.60. The van der Waals surface area contributed by atoms with Crippen LogP contribution in [-0.4, -0.2) is 58.7 Å². The van der Waals surface area contributed by atoms with Crippen LogP contribution < -0.4 is 16.0 Å². The Hall–Kier alpha value is -3.15. The second-order valence-corrected chi connectivity index (χ2v) is 8.84. The number of carbonyl (C=O) groups excluding carboxylic acids is 1. The number of aromatic nitrogens is 2. The van der Waals surface area contributed by atoms with Crippen LogP contribution in [0.1, 0.15) is 12.8 Å². The number of hydrogen-bond acceptors (Lipinski definition) is 6. The molecule has 1 aromatic carbocycles. The van der Waals surface area contributed by atoms with E-state index in [1.165, 1.54) is 11.0 Å². The van der Waals surface area contributed by atoms with Gasteiger partial charge in [0.1, 0.15) is 18.2 Å². The highest BCUT2D eigenvalue weighted by molar-refractivity contribution is 6.30.